The Morgan fingerprint density at radius 2 is 2.15 bits per heavy atom. The van der Waals surface area contributed by atoms with Gasteiger partial charge in [0, 0.05) is 17.5 Å². The van der Waals surface area contributed by atoms with E-state index in [0.29, 0.717) is 28.4 Å². The van der Waals surface area contributed by atoms with Crippen molar-refractivity contribution < 1.29 is 9.53 Å². The maximum Gasteiger partial charge on any atom is 0.214 e. The van der Waals surface area contributed by atoms with E-state index in [1.54, 1.807) is 23.8 Å². The molecule has 2 heterocycles. The number of halogens is 1. The number of carbonyl (C=O) groups excluding carboxylic acids is 1. The standard InChI is InChI=1S/C15H19ClN2O2/c1-5-9(3)15(19)10-7-8-12(20-4)18-14(10)13(16)11(6-2)17-18/h7-9H,5-6H2,1-4H3. The zero-order valence-electron chi connectivity index (χ0n) is 12.2. The van der Waals surface area contributed by atoms with Gasteiger partial charge in [-0.05, 0) is 18.9 Å². The van der Waals surface area contributed by atoms with Crippen molar-refractivity contribution in [2.75, 3.05) is 7.11 Å². The number of pyridine rings is 1. The van der Waals surface area contributed by atoms with Crippen LogP contribution < -0.4 is 4.74 Å². The minimum absolute atomic E-state index is 0.0387. The molecular weight excluding hydrogens is 276 g/mol. The van der Waals surface area contributed by atoms with Gasteiger partial charge in [0.2, 0.25) is 5.88 Å². The second kappa shape index (κ2) is 5.83. The van der Waals surface area contributed by atoms with Gasteiger partial charge in [-0.25, -0.2) is 0 Å². The fraction of sp³-hybridized carbons (Fsp3) is 0.467. The molecule has 0 bridgehead atoms. The van der Waals surface area contributed by atoms with Crippen molar-refractivity contribution in [3.63, 3.8) is 0 Å². The quantitative estimate of drug-likeness (QED) is 0.788. The lowest BCUT2D eigenvalue weighted by molar-refractivity contribution is 0.0928. The van der Waals surface area contributed by atoms with E-state index in [1.807, 2.05) is 20.8 Å². The molecule has 20 heavy (non-hydrogen) atoms. The van der Waals surface area contributed by atoms with Crippen LogP contribution in [0.4, 0.5) is 0 Å². The van der Waals surface area contributed by atoms with Gasteiger partial charge in [0.1, 0.15) is 0 Å². The predicted molar refractivity (Wildman–Crippen MR) is 79.9 cm³/mol. The maximum absolute atomic E-state index is 12.5. The largest absolute Gasteiger partial charge is 0.481 e. The van der Waals surface area contributed by atoms with Crippen LogP contribution >= 0.6 is 11.6 Å². The van der Waals surface area contributed by atoms with E-state index in [-0.39, 0.29) is 11.7 Å². The number of aryl methyl sites for hydroxylation is 1. The number of rotatable bonds is 5. The number of nitrogens with zero attached hydrogens (tertiary/aromatic N) is 2. The van der Waals surface area contributed by atoms with Gasteiger partial charge in [-0.3, -0.25) is 4.79 Å². The van der Waals surface area contributed by atoms with Crippen LogP contribution in [0.15, 0.2) is 12.1 Å². The fourth-order valence-electron chi connectivity index (χ4n) is 2.17. The molecule has 2 aromatic heterocycles. The molecule has 108 valence electrons. The number of ether oxygens (including phenoxy) is 1. The van der Waals surface area contributed by atoms with Crippen LogP contribution in [0, 0.1) is 5.92 Å². The van der Waals surface area contributed by atoms with E-state index in [2.05, 4.69) is 5.10 Å². The molecule has 0 N–H and O–H groups in total. The minimum atomic E-state index is -0.0387. The molecule has 0 aliphatic heterocycles. The van der Waals surface area contributed by atoms with Crippen LogP contribution in [0.3, 0.4) is 0 Å². The fourth-order valence-corrected chi connectivity index (χ4v) is 2.52. The molecule has 0 radical (unpaired) electrons. The predicted octanol–water partition coefficient (Wildman–Crippen LogP) is 3.79. The summed E-state index contributed by atoms with van der Waals surface area (Å²) in [4.78, 5) is 12.5. The summed E-state index contributed by atoms with van der Waals surface area (Å²) in [5.41, 5.74) is 2.03. The molecule has 0 aromatic carbocycles. The highest BCUT2D eigenvalue weighted by molar-refractivity contribution is 6.35. The highest BCUT2D eigenvalue weighted by Gasteiger charge is 2.22. The molecule has 0 saturated heterocycles. The molecule has 0 fully saturated rings. The number of methoxy groups -OCH3 is 1. The van der Waals surface area contributed by atoms with Gasteiger partial charge < -0.3 is 4.74 Å². The SMILES string of the molecule is CCc1nn2c(OC)ccc(C(=O)C(C)CC)c2c1Cl. The average molecular weight is 295 g/mol. The molecule has 0 aliphatic carbocycles. The second-order valence-electron chi connectivity index (χ2n) is 4.84. The summed E-state index contributed by atoms with van der Waals surface area (Å²) >= 11 is 6.39. The number of aromatic nitrogens is 2. The molecule has 0 spiro atoms. The van der Waals surface area contributed by atoms with Crippen LogP contribution in [0.2, 0.25) is 5.02 Å². The van der Waals surface area contributed by atoms with Crippen molar-refractivity contribution in [3.05, 3.63) is 28.4 Å². The van der Waals surface area contributed by atoms with Gasteiger partial charge in [-0.2, -0.15) is 9.61 Å². The number of ketones is 1. The van der Waals surface area contributed by atoms with E-state index in [0.717, 1.165) is 12.1 Å². The Morgan fingerprint density at radius 1 is 1.45 bits per heavy atom. The smallest absolute Gasteiger partial charge is 0.214 e. The number of carbonyl (C=O) groups is 1. The summed E-state index contributed by atoms with van der Waals surface area (Å²) in [5.74, 6) is 0.621. The van der Waals surface area contributed by atoms with Crippen molar-refractivity contribution in [2.24, 2.45) is 5.92 Å². The summed E-state index contributed by atoms with van der Waals surface area (Å²) < 4.78 is 6.91. The van der Waals surface area contributed by atoms with Crippen LogP contribution in [0.1, 0.15) is 43.2 Å². The van der Waals surface area contributed by atoms with Crippen LogP contribution in [0.5, 0.6) is 5.88 Å². The molecule has 2 rings (SSSR count). The second-order valence-corrected chi connectivity index (χ2v) is 5.22. The van der Waals surface area contributed by atoms with Gasteiger partial charge in [-0.1, -0.05) is 32.4 Å². The van der Waals surface area contributed by atoms with E-state index in [9.17, 15) is 4.79 Å². The topological polar surface area (TPSA) is 43.6 Å². The summed E-state index contributed by atoms with van der Waals surface area (Å²) in [6, 6.07) is 3.53. The van der Waals surface area contributed by atoms with Gasteiger partial charge in [0.15, 0.2) is 5.78 Å². The number of fused-ring (bicyclic) bond motifs is 1. The van der Waals surface area contributed by atoms with Crippen LogP contribution in [0.25, 0.3) is 5.52 Å². The minimum Gasteiger partial charge on any atom is -0.481 e. The summed E-state index contributed by atoms with van der Waals surface area (Å²) in [6.07, 6.45) is 1.50. The van der Waals surface area contributed by atoms with Crippen molar-refractivity contribution in [3.8, 4) is 5.88 Å². The molecule has 4 nitrogen and oxygen atoms in total. The zero-order chi connectivity index (χ0) is 14.9. The van der Waals surface area contributed by atoms with Crippen molar-refractivity contribution in [1.82, 2.24) is 9.61 Å². The maximum atomic E-state index is 12.5. The van der Waals surface area contributed by atoms with E-state index in [1.165, 1.54) is 0 Å². The normalized spacial score (nSPS) is 12.7. The summed E-state index contributed by atoms with van der Waals surface area (Å²) in [5, 5.41) is 4.98. The Kier molecular flexibility index (Phi) is 4.33. The zero-order valence-corrected chi connectivity index (χ0v) is 13.0. The summed E-state index contributed by atoms with van der Waals surface area (Å²) in [6.45, 7) is 5.91. The first-order chi connectivity index (χ1) is 9.54. The first-order valence-corrected chi connectivity index (χ1v) is 7.21. The molecule has 0 amide bonds. The van der Waals surface area contributed by atoms with Crippen LogP contribution in [-0.2, 0) is 6.42 Å². The van der Waals surface area contributed by atoms with E-state index >= 15 is 0 Å². The van der Waals surface area contributed by atoms with E-state index in [4.69, 9.17) is 16.3 Å². The molecule has 1 unspecified atom stereocenters. The van der Waals surface area contributed by atoms with E-state index < -0.39 is 0 Å². The summed E-state index contributed by atoms with van der Waals surface area (Å²) in [7, 11) is 1.58. The van der Waals surface area contributed by atoms with Gasteiger partial charge in [0.05, 0.1) is 23.3 Å². The first kappa shape index (κ1) is 14.9. The van der Waals surface area contributed by atoms with Crippen molar-refractivity contribution >= 4 is 22.9 Å². The Labute approximate surface area is 123 Å². The Morgan fingerprint density at radius 3 is 2.70 bits per heavy atom. The Balaban J connectivity index is 2.73. The molecular formula is C15H19ClN2O2. The highest BCUT2D eigenvalue weighted by Crippen LogP contribution is 2.30. The van der Waals surface area contributed by atoms with Crippen molar-refractivity contribution in [2.45, 2.75) is 33.6 Å². The number of hydrogen-bond donors (Lipinski definition) is 0. The lowest BCUT2D eigenvalue weighted by atomic mass is 9.97. The van der Waals surface area contributed by atoms with Gasteiger partial charge in [0.25, 0.3) is 0 Å². The third kappa shape index (κ3) is 2.29. The third-order valence-electron chi connectivity index (χ3n) is 3.62. The monoisotopic (exact) mass is 294 g/mol. The van der Waals surface area contributed by atoms with Gasteiger partial charge in [-0.15, -0.1) is 0 Å². The third-order valence-corrected chi connectivity index (χ3v) is 4.02. The lowest BCUT2D eigenvalue weighted by Crippen LogP contribution is -2.12. The van der Waals surface area contributed by atoms with Crippen molar-refractivity contribution in [1.29, 1.82) is 0 Å². The Bertz CT molecular complexity index is 649. The highest BCUT2D eigenvalue weighted by atomic mass is 35.5. The average Bonchev–Trinajstić information content (AvgIpc) is 2.82. The van der Waals surface area contributed by atoms with Crippen LogP contribution in [-0.4, -0.2) is 22.5 Å². The Hall–Kier alpha value is -1.55. The molecule has 0 aliphatic rings. The molecule has 0 saturated carbocycles. The lowest BCUT2D eigenvalue weighted by Gasteiger charge is -2.11. The first-order valence-electron chi connectivity index (χ1n) is 6.83. The van der Waals surface area contributed by atoms with Gasteiger partial charge >= 0.3 is 0 Å². The molecule has 5 heteroatoms. The molecule has 1 atom stereocenters. The molecule has 2 aromatic rings. The number of hydrogen-bond acceptors (Lipinski definition) is 3. The number of Topliss-reactive ketones (excluding diaryl/α,β-unsaturated/α-hetero) is 1.